The molecule has 0 saturated carbocycles. The second kappa shape index (κ2) is 6.62. The second-order valence-electron chi connectivity index (χ2n) is 4.82. The van der Waals surface area contributed by atoms with Gasteiger partial charge in [0.2, 0.25) is 0 Å². The Labute approximate surface area is 124 Å². The summed E-state index contributed by atoms with van der Waals surface area (Å²) in [5, 5.41) is 14.6. The Balaban J connectivity index is 2.26. The maximum absolute atomic E-state index is 9.69. The van der Waals surface area contributed by atoms with E-state index in [0.717, 1.165) is 30.6 Å². The molecule has 0 saturated heterocycles. The quantitative estimate of drug-likeness (QED) is 0.798. The molecule has 1 heterocycles. The van der Waals surface area contributed by atoms with Crippen LogP contribution in [0.1, 0.15) is 36.6 Å². The van der Waals surface area contributed by atoms with Crippen LogP contribution in [-0.4, -0.2) is 14.9 Å². The van der Waals surface area contributed by atoms with Crippen molar-refractivity contribution in [3.63, 3.8) is 0 Å². The number of hydrogen-bond donors (Lipinski definition) is 1. The van der Waals surface area contributed by atoms with E-state index in [-0.39, 0.29) is 5.76 Å². The molecule has 0 radical (unpaired) electrons. The lowest BCUT2D eigenvalue weighted by Crippen LogP contribution is -2.06. The van der Waals surface area contributed by atoms with Crippen LogP contribution < -0.4 is 0 Å². The summed E-state index contributed by atoms with van der Waals surface area (Å²) in [6.45, 7) is 6.68. The number of nitrogens with zero attached hydrogens (tertiary/aromatic N) is 2. The molecule has 2 rings (SSSR count). The van der Waals surface area contributed by atoms with Gasteiger partial charge in [-0.25, -0.2) is 0 Å². The number of hydrogen-bond acceptors (Lipinski definition) is 2. The van der Waals surface area contributed by atoms with Crippen molar-refractivity contribution in [1.29, 1.82) is 0 Å². The highest BCUT2D eigenvalue weighted by Crippen LogP contribution is 2.23. The van der Waals surface area contributed by atoms with Gasteiger partial charge in [-0.05, 0) is 30.2 Å². The van der Waals surface area contributed by atoms with Gasteiger partial charge >= 0.3 is 0 Å². The minimum atomic E-state index is 0.0436. The van der Waals surface area contributed by atoms with Gasteiger partial charge in [0.25, 0.3) is 0 Å². The van der Waals surface area contributed by atoms with Crippen LogP contribution >= 0.6 is 11.6 Å². The molecule has 4 heteroatoms. The third-order valence-electron chi connectivity index (χ3n) is 3.28. The van der Waals surface area contributed by atoms with E-state index in [1.54, 1.807) is 6.07 Å². The molecule has 0 unspecified atom stereocenters. The predicted octanol–water partition coefficient (Wildman–Crippen LogP) is 4.46. The lowest BCUT2D eigenvalue weighted by molar-refractivity contribution is 0.512. The van der Waals surface area contributed by atoms with Crippen molar-refractivity contribution in [3.05, 3.63) is 58.9 Å². The summed E-state index contributed by atoms with van der Waals surface area (Å²) in [6.07, 6.45) is 4.76. The van der Waals surface area contributed by atoms with Gasteiger partial charge in [0.15, 0.2) is 0 Å². The summed E-state index contributed by atoms with van der Waals surface area (Å²) in [7, 11) is 0. The Morgan fingerprint density at radius 1 is 1.40 bits per heavy atom. The molecule has 0 bridgehead atoms. The summed E-state index contributed by atoms with van der Waals surface area (Å²) < 4.78 is 2.02. The molecule has 2 aromatic rings. The van der Waals surface area contributed by atoms with Gasteiger partial charge in [-0.15, -0.1) is 0 Å². The molecule has 0 fully saturated rings. The van der Waals surface area contributed by atoms with Gasteiger partial charge in [-0.3, -0.25) is 4.68 Å². The van der Waals surface area contributed by atoms with Crippen molar-refractivity contribution < 1.29 is 5.11 Å². The van der Waals surface area contributed by atoms with E-state index < -0.39 is 0 Å². The average molecular weight is 291 g/mol. The van der Waals surface area contributed by atoms with E-state index >= 15 is 0 Å². The summed E-state index contributed by atoms with van der Waals surface area (Å²) >= 11 is 5.97. The largest absolute Gasteiger partial charge is 0.508 e. The molecule has 0 aliphatic rings. The number of aromatic nitrogens is 2. The van der Waals surface area contributed by atoms with E-state index in [9.17, 15) is 5.11 Å². The van der Waals surface area contributed by atoms with Gasteiger partial charge in [-0.2, -0.15) is 5.10 Å². The molecule has 3 nitrogen and oxygen atoms in total. The van der Waals surface area contributed by atoms with Gasteiger partial charge in [-0.1, -0.05) is 37.6 Å². The summed E-state index contributed by atoms with van der Waals surface area (Å²) in [4.78, 5) is 0. The Morgan fingerprint density at radius 2 is 2.20 bits per heavy atom. The van der Waals surface area contributed by atoms with Crippen LogP contribution in [0.25, 0.3) is 5.76 Å². The van der Waals surface area contributed by atoms with Gasteiger partial charge in [0.1, 0.15) is 5.76 Å². The maximum Gasteiger partial charge on any atom is 0.115 e. The summed E-state index contributed by atoms with van der Waals surface area (Å²) in [6, 6.07) is 7.51. The molecule has 106 valence electrons. The summed E-state index contributed by atoms with van der Waals surface area (Å²) in [5.41, 5.74) is 2.82. The highest BCUT2D eigenvalue weighted by atomic mass is 35.5. The minimum Gasteiger partial charge on any atom is -0.508 e. The molecule has 0 atom stereocenters. The SMILES string of the molecule is C=C(O)c1cc(Cl)ccc1Cc1ccnn1CCCC. The van der Waals surface area contributed by atoms with E-state index in [0.29, 0.717) is 17.0 Å². The first-order valence-electron chi connectivity index (χ1n) is 6.79. The van der Waals surface area contributed by atoms with Crippen molar-refractivity contribution in [2.24, 2.45) is 0 Å². The first-order valence-corrected chi connectivity index (χ1v) is 7.17. The van der Waals surface area contributed by atoms with Crippen molar-refractivity contribution >= 4 is 17.4 Å². The van der Waals surface area contributed by atoms with E-state index in [1.165, 1.54) is 0 Å². The molecule has 0 aliphatic heterocycles. The fourth-order valence-electron chi connectivity index (χ4n) is 2.19. The third kappa shape index (κ3) is 3.42. The molecule has 20 heavy (non-hydrogen) atoms. The van der Waals surface area contributed by atoms with Crippen molar-refractivity contribution in [2.45, 2.75) is 32.7 Å². The number of benzene rings is 1. The van der Waals surface area contributed by atoms with Crippen LogP contribution in [0.4, 0.5) is 0 Å². The smallest absolute Gasteiger partial charge is 0.115 e. The van der Waals surface area contributed by atoms with Crippen molar-refractivity contribution in [1.82, 2.24) is 9.78 Å². The number of unbranched alkanes of at least 4 members (excludes halogenated alkanes) is 1. The number of aryl methyl sites for hydroxylation is 1. The number of halogens is 1. The van der Waals surface area contributed by atoms with Crippen LogP contribution in [0.15, 0.2) is 37.0 Å². The van der Waals surface area contributed by atoms with Crippen LogP contribution in [0.5, 0.6) is 0 Å². The molecule has 1 N–H and O–H groups in total. The number of rotatable bonds is 6. The average Bonchev–Trinajstić information content (AvgIpc) is 2.85. The highest BCUT2D eigenvalue weighted by molar-refractivity contribution is 6.30. The number of aliphatic hydroxyl groups excluding tert-OH is 1. The van der Waals surface area contributed by atoms with E-state index in [1.807, 2.05) is 29.1 Å². The van der Waals surface area contributed by atoms with E-state index in [2.05, 4.69) is 18.6 Å². The second-order valence-corrected chi connectivity index (χ2v) is 5.26. The minimum absolute atomic E-state index is 0.0436. The van der Waals surface area contributed by atoms with Gasteiger partial charge < -0.3 is 5.11 Å². The Hall–Kier alpha value is -1.74. The normalized spacial score (nSPS) is 10.7. The van der Waals surface area contributed by atoms with Crippen LogP contribution in [-0.2, 0) is 13.0 Å². The molecular formula is C16H19ClN2O. The fraction of sp³-hybridized carbons (Fsp3) is 0.312. The zero-order valence-corrected chi connectivity index (χ0v) is 12.4. The lowest BCUT2D eigenvalue weighted by atomic mass is 10.0. The summed E-state index contributed by atoms with van der Waals surface area (Å²) in [5.74, 6) is 0.0436. The number of aliphatic hydroxyl groups is 1. The van der Waals surface area contributed by atoms with Gasteiger partial charge in [0.05, 0.1) is 0 Å². The Bertz CT molecular complexity index is 604. The molecule has 0 amide bonds. The molecule has 0 spiro atoms. The van der Waals surface area contributed by atoms with Crippen LogP contribution in [0.3, 0.4) is 0 Å². The third-order valence-corrected chi connectivity index (χ3v) is 3.52. The first-order chi connectivity index (χ1) is 9.61. The highest BCUT2D eigenvalue weighted by Gasteiger charge is 2.10. The lowest BCUT2D eigenvalue weighted by Gasteiger charge is -2.11. The Kier molecular flexibility index (Phi) is 4.85. The molecule has 1 aromatic heterocycles. The van der Waals surface area contributed by atoms with Gasteiger partial charge in [0, 0.05) is 35.4 Å². The standard InChI is InChI=1S/C16H19ClN2O/c1-3-4-9-19-15(7-8-18-19)10-13-5-6-14(17)11-16(13)12(2)20/h5-8,11,20H,2-4,9-10H2,1H3. The van der Waals surface area contributed by atoms with Crippen LogP contribution in [0, 0.1) is 0 Å². The topological polar surface area (TPSA) is 38.1 Å². The predicted molar refractivity (Wildman–Crippen MR) is 83.1 cm³/mol. The van der Waals surface area contributed by atoms with E-state index in [4.69, 9.17) is 11.6 Å². The monoisotopic (exact) mass is 290 g/mol. The van der Waals surface area contributed by atoms with Crippen LogP contribution in [0.2, 0.25) is 5.02 Å². The molecule has 1 aromatic carbocycles. The fourth-order valence-corrected chi connectivity index (χ4v) is 2.36. The zero-order valence-electron chi connectivity index (χ0n) is 11.6. The van der Waals surface area contributed by atoms with Crippen molar-refractivity contribution in [2.75, 3.05) is 0 Å². The maximum atomic E-state index is 9.69. The zero-order chi connectivity index (χ0) is 14.5. The first kappa shape index (κ1) is 14.7. The van der Waals surface area contributed by atoms with Crippen molar-refractivity contribution in [3.8, 4) is 0 Å². The molecular weight excluding hydrogens is 272 g/mol. The Morgan fingerprint density at radius 3 is 2.90 bits per heavy atom. The molecule has 0 aliphatic carbocycles.